The van der Waals surface area contributed by atoms with E-state index in [0.29, 0.717) is 11.4 Å². The summed E-state index contributed by atoms with van der Waals surface area (Å²) in [6, 6.07) is 3.33. The molecule has 1 heterocycles. The lowest BCUT2D eigenvalue weighted by molar-refractivity contribution is -0.137. The van der Waals surface area contributed by atoms with Crippen molar-refractivity contribution >= 4 is 11.9 Å². The Morgan fingerprint density at radius 1 is 1.35 bits per heavy atom. The Labute approximate surface area is 136 Å². The smallest absolute Gasteiger partial charge is 0.305 e. The zero-order valence-electron chi connectivity index (χ0n) is 13.7. The van der Waals surface area contributed by atoms with E-state index in [1.165, 1.54) is 19.0 Å². The van der Waals surface area contributed by atoms with Gasteiger partial charge in [0.1, 0.15) is 6.10 Å². The number of pyridine rings is 1. The number of aromatic nitrogens is 1. The maximum atomic E-state index is 12.5. The molecule has 1 aliphatic rings. The number of ether oxygens (including phenoxy) is 1. The molecule has 0 radical (unpaired) electrons. The van der Waals surface area contributed by atoms with Crippen LogP contribution in [0.4, 0.5) is 0 Å². The van der Waals surface area contributed by atoms with E-state index < -0.39 is 5.97 Å². The first kappa shape index (κ1) is 17.2. The van der Waals surface area contributed by atoms with E-state index in [-0.39, 0.29) is 31.0 Å². The fourth-order valence-electron chi connectivity index (χ4n) is 2.73. The van der Waals surface area contributed by atoms with Gasteiger partial charge in [-0.25, -0.2) is 4.98 Å². The number of amides is 1. The van der Waals surface area contributed by atoms with Crippen molar-refractivity contribution in [2.45, 2.75) is 58.1 Å². The monoisotopic (exact) mass is 320 g/mol. The van der Waals surface area contributed by atoms with Crippen LogP contribution in [0, 0.1) is 0 Å². The third-order valence-corrected chi connectivity index (χ3v) is 4.02. The topological polar surface area (TPSA) is 79.7 Å². The van der Waals surface area contributed by atoms with Gasteiger partial charge in [-0.05, 0) is 45.6 Å². The van der Waals surface area contributed by atoms with Crippen LogP contribution in [-0.4, -0.2) is 45.6 Å². The Bertz CT molecular complexity index is 536. The number of carboxylic acid groups (broad SMARTS) is 1. The van der Waals surface area contributed by atoms with Gasteiger partial charge in [0.05, 0.1) is 12.0 Å². The van der Waals surface area contributed by atoms with Gasteiger partial charge in [0.15, 0.2) is 0 Å². The highest BCUT2D eigenvalue weighted by Gasteiger charge is 2.21. The third kappa shape index (κ3) is 4.94. The lowest BCUT2D eigenvalue weighted by Crippen LogP contribution is -2.38. The average molecular weight is 320 g/mol. The fraction of sp³-hybridized carbons (Fsp3) is 0.588. The third-order valence-electron chi connectivity index (χ3n) is 4.02. The van der Waals surface area contributed by atoms with Crippen molar-refractivity contribution in [1.29, 1.82) is 0 Å². The minimum absolute atomic E-state index is 0.0692. The van der Waals surface area contributed by atoms with Crippen LogP contribution >= 0.6 is 0 Å². The molecule has 1 fully saturated rings. The summed E-state index contributed by atoms with van der Waals surface area (Å²) in [6.45, 7) is 3.92. The van der Waals surface area contributed by atoms with Gasteiger partial charge in [0.25, 0.3) is 5.91 Å². The van der Waals surface area contributed by atoms with Crippen LogP contribution in [0.3, 0.4) is 0 Å². The van der Waals surface area contributed by atoms with Crippen LogP contribution in [0.2, 0.25) is 0 Å². The second-order valence-corrected chi connectivity index (χ2v) is 6.15. The molecule has 1 aromatic rings. The van der Waals surface area contributed by atoms with Gasteiger partial charge in [0, 0.05) is 24.8 Å². The summed E-state index contributed by atoms with van der Waals surface area (Å²) in [6.07, 6.45) is 6.15. The Kier molecular flexibility index (Phi) is 5.96. The Morgan fingerprint density at radius 3 is 2.57 bits per heavy atom. The van der Waals surface area contributed by atoms with Gasteiger partial charge in [0.2, 0.25) is 5.88 Å². The molecule has 1 N–H and O–H groups in total. The van der Waals surface area contributed by atoms with Crippen LogP contribution in [0.5, 0.6) is 5.88 Å². The van der Waals surface area contributed by atoms with Gasteiger partial charge < -0.3 is 14.7 Å². The predicted octanol–water partition coefficient (Wildman–Crippen LogP) is 2.73. The summed E-state index contributed by atoms with van der Waals surface area (Å²) < 4.78 is 5.78. The molecule has 6 nitrogen and oxygen atoms in total. The maximum Gasteiger partial charge on any atom is 0.305 e. The van der Waals surface area contributed by atoms with Gasteiger partial charge in [-0.3, -0.25) is 9.59 Å². The molecule has 0 aliphatic heterocycles. The normalized spacial score (nSPS) is 14.9. The molecule has 0 atom stereocenters. The second-order valence-electron chi connectivity index (χ2n) is 6.15. The van der Waals surface area contributed by atoms with Crippen molar-refractivity contribution in [1.82, 2.24) is 9.88 Å². The van der Waals surface area contributed by atoms with Crippen molar-refractivity contribution in [2.75, 3.05) is 6.54 Å². The largest absolute Gasteiger partial charge is 0.481 e. The highest BCUT2D eigenvalue weighted by Crippen LogP contribution is 2.23. The standard InChI is InChI=1S/C17H24N2O4/c1-12(2)19(10-9-16(20)21)17(22)13-7-8-15(18-11-13)23-14-5-3-4-6-14/h7-8,11-12,14H,3-6,9-10H2,1-2H3,(H,20,21). The predicted molar refractivity (Wildman–Crippen MR) is 85.5 cm³/mol. The zero-order chi connectivity index (χ0) is 16.8. The molecule has 126 valence electrons. The molecular formula is C17H24N2O4. The van der Waals surface area contributed by atoms with E-state index >= 15 is 0 Å². The van der Waals surface area contributed by atoms with E-state index in [4.69, 9.17) is 9.84 Å². The van der Waals surface area contributed by atoms with Crippen molar-refractivity contribution in [3.63, 3.8) is 0 Å². The van der Waals surface area contributed by atoms with E-state index in [0.717, 1.165) is 12.8 Å². The minimum Gasteiger partial charge on any atom is -0.481 e. The number of carbonyl (C=O) groups is 2. The van der Waals surface area contributed by atoms with Crippen LogP contribution in [0.15, 0.2) is 18.3 Å². The van der Waals surface area contributed by atoms with Gasteiger partial charge >= 0.3 is 5.97 Å². The quantitative estimate of drug-likeness (QED) is 0.835. The summed E-state index contributed by atoms with van der Waals surface area (Å²) in [5, 5.41) is 8.80. The Morgan fingerprint density at radius 2 is 2.04 bits per heavy atom. The van der Waals surface area contributed by atoms with Crippen molar-refractivity contribution in [3.05, 3.63) is 23.9 Å². The highest BCUT2D eigenvalue weighted by molar-refractivity contribution is 5.94. The first-order valence-corrected chi connectivity index (χ1v) is 8.13. The van der Waals surface area contributed by atoms with Crippen molar-refractivity contribution < 1.29 is 19.4 Å². The highest BCUT2D eigenvalue weighted by atomic mass is 16.5. The van der Waals surface area contributed by atoms with E-state index in [1.807, 2.05) is 13.8 Å². The molecule has 1 amide bonds. The van der Waals surface area contributed by atoms with Crippen LogP contribution in [0.1, 0.15) is 56.3 Å². The average Bonchev–Trinajstić information content (AvgIpc) is 3.00. The Balaban J connectivity index is 2.00. The van der Waals surface area contributed by atoms with Gasteiger partial charge in [-0.2, -0.15) is 0 Å². The maximum absolute atomic E-state index is 12.5. The van der Waals surface area contributed by atoms with Gasteiger partial charge in [-0.15, -0.1) is 0 Å². The van der Waals surface area contributed by atoms with Gasteiger partial charge in [-0.1, -0.05) is 0 Å². The fourth-order valence-corrected chi connectivity index (χ4v) is 2.73. The Hall–Kier alpha value is -2.11. The van der Waals surface area contributed by atoms with E-state index in [2.05, 4.69) is 4.98 Å². The van der Waals surface area contributed by atoms with Crippen LogP contribution in [-0.2, 0) is 4.79 Å². The minimum atomic E-state index is -0.915. The zero-order valence-corrected chi connectivity index (χ0v) is 13.7. The lowest BCUT2D eigenvalue weighted by Gasteiger charge is -2.26. The molecule has 1 saturated carbocycles. The summed E-state index contributed by atoms with van der Waals surface area (Å²) in [7, 11) is 0. The summed E-state index contributed by atoms with van der Waals surface area (Å²) in [5.74, 6) is -0.585. The molecule has 0 bridgehead atoms. The molecule has 0 aromatic carbocycles. The molecule has 23 heavy (non-hydrogen) atoms. The van der Waals surface area contributed by atoms with Crippen LogP contribution in [0.25, 0.3) is 0 Å². The van der Waals surface area contributed by atoms with Crippen LogP contribution < -0.4 is 4.74 Å². The summed E-state index contributed by atoms with van der Waals surface area (Å²) in [5.41, 5.74) is 0.447. The molecule has 1 aliphatic carbocycles. The molecule has 0 saturated heterocycles. The van der Waals surface area contributed by atoms with Crippen molar-refractivity contribution in [2.24, 2.45) is 0 Å². The number of hydrogen-bond acceptors (Lipinski definition) is 4. The summed E-state index contributed by atoms with van der Waals surface area (Å²) in [4.78, 5) is 29.0. The first-order chi connectivity index (χ1) is 11.0. The molecule has 6 heteroatoms. The number of aliphatic carboxylic acids is 1. The molecule has 1 aromatic heterocycles. The number of hydrogen-bond donors (Lipinski definition) is 1. The number of carboxylic acids is 1. The number of carbonyl (C=O) groups excluding carboxylic acids is 1. The lowest BCUT2D eigenvalue weighted by atomic mass is 10.2. The molecule has 2 rings (SSSR count). The summed E-state index contributed by atoms with van der Waals surface area (Å²) >= 11 is 0. The molecular weight excluding hydrogens is 296 g/mol. The number of nitrogens with zero attached hydrogens (tertiary/aromatic N) is 2. The first-order valence-electron chi connectivity index (χ1n) is 8.13. The van der Waals surface area contributed by atoms with E-state index in [1.54, 1.807) is 17.0 Å². The SMILES string of the molecule is CC(C)N(CCC(=O)O)C(=O)c1ccc(OC2CCCC2)nc1. The van der Waals surface area contributed by atoms with Crippen molar-refractivity contribution in [3.8, 4) is 5.88 Å². The molecule has 0 unspecified atom stereocenters. The molecule has 0 spiro atoms. The second kappa shape index (κ2) is 7.94. The van der Waals surface area contributed by atoms with E-state index in [9.17, 15) is 9.59 Å². The number of rotatable bonds is 7.